The van der Waals surface area contributed by atoms with E-state index in [1.54, 1.807) is 30.3 Å². The van der Waals surface area contributed by atoms with Crippen molar-refractivity contribution in [3.8, 4) is 29.4 Å². The number of carbonyl (C=O) groups excluding carboxylic acids is 1. The average molecular weight is 428 g/mol. The molecule has 0 spiro atoms. The summed E-state index contributed by atoms with van der Waals surface area (Å²) in [6, 6.07) is 29.2. The van der Waals surface area contributed by atoms with Gasteiger partial charge >= 0.3 is 5.97 Å². The van der Waals surface area contributed by atoms with Crippen LogP contribution in [0.2, 0.25) is 0 Å². The van der Waals surface area contributed by atoms with Crippen molar-refractivity contribution in [1.82, 2.24) is 0 Å². The van der Waals surface area contributed by atoms with Gasteiger partial charge in [-0.2, -0.15) is 0 Å². The van der Waals surface area contributed by atoms with Gasteiger partial charge in [-0.3, -0.25) is 0 Å². The van der Waals surface area contributed by atoms with E-state index in [0.29, 0.717) is 22.7 Å². The van der Waals surface area contributed by atoms with Crippen molar-refractivity contribution in [2.75, 3.05) is 11.5 Å². The van der Waals surface area contributed by atoms with Gasteiger partial charge in [-0.15, -0.1) is 0 Å². The van der Waals surface area contributed by atoms with Gasteiger partial charge in [0.2, 0.25) is 0 Å². The van der Waals surface area contributed by atoms with Gasteiger partial charge in [-0.1, -0.05) is 41.9 Å². The minimum Gasteiger partial charge on any atom is -0.423 e. The Labute approximate surface area is 192 Å². The van der Waals surface area contributed by atoms with Crippen LogP contribution in [0.1, 0.15) is 32.6 Å². The Morgan fingerprint density at radius 3 is 1.48 bits per heavy atom. The van der Waals surface area contributed by atoms with Gasteiger partial charge in [0, 0.05) is 33.6 Å². The summed E-state index contributed by atoms with van der Waals surface area (Å²) in [5.74, 6) is 12.4. The van der Waals surface area contributed by atoms with E-state index < -0.39 is 5.97 Å². The number of nitrogen functional groups attached to an aromatic ring is 2. The second-order valence-electron chi connectivity index (χ2n) is 7.25. The summed E-state index contributed by atoms with van der Waals surface area (Å²) in [6.45, 7) is 0. The molecule has 0 atom stereocenters. The molecule has 0 saturated carbocycles. The van der Waals surface area contributed by atoms with E-state index in [1.807, 2.05) is 54.6 Å². The maximum atomic E-state index is 12.3. The van der Waals surface area contributed by atoms with Crippen molar-refractivity contribution >= 4 is 17.3 Å². The molecule has 0 aliphatic heterocycles. The third-order valence-corrected chi connectivity index (χ3v) is 4.64. The number of esters is 1. The predicted octanol–water partition coefficient (Wildman–Crippen LogP) is 4.87. The molecule has 0 aromatic heterocycles. The Balaban J connectivity index is 1.39. The lowest BCUT2D eigenvalue weighted by Gasteiger charge is -2.06. The largest absolute Gasteiger partial charge is 0.423 e. The highest BCUT2D eigenvalue weighted by molar-refractivity contribution is 5.93. The fraction of sp³-hybridized carbons (Fsp3) is 0. The number of hydrogen-bond donors (Lipinski definition) is 2. The van der Waals surface area contributed by atoms with Crippen LogP contribution >= 0.6 is 0 Å². The van der Waals surface area contributed by atoms with Gasteiger partial charge in [0.15, 0.2) is 0 Å². The van der Waals surface area contributed by atoms with Gasteiger partial charge < -0.3 is 16.2 Å². The summed E-state index contributed by atoms with van der Waals surface area (Å²) in [5.41, 5.74) is 16.2. The first-order valence-corrected chi connectivity index (χ1v) is 10.2. The number of ether oxygens (including phenoxy) is 1. The minimum atomic E-state index is -0.525. The van der Waals surface area contributed by atoms with Crippen molar-refractivity contribution in [2.24, 2.45) is 0 Å². The van der Waals surface area contributed by atoms with Crippen molar-refractivity contribution < 1.29 is 9.53 Å². The first-order chi connectivity index (χ1) is 16.0. The fourth-order valence-corrected chi connectivity index (χ4v) is 3.01. The van der Waals surface area contributed by atoms with E-state index >= 15 is 0 Å². The standard InChI is InChI=1S/C29H20N2O2/c30-26-18-25(19-27(31)20-26)29(32)33-28-16-14-24(15-17-28)13-12-23-10-8-22(9-11-23)7-6-21-4-2-1-3-5-21/h1-5,8-11,14-20H,30-31H2. The van der Waals surface area contributed by atoms with Gasteiger partial charge in [-0.05, 0) is 78.9 Å². The van der Waals surface area contributed by atoms with Crippen LogP contribution in [0.25, 0.3) is 0 Å². The molecular weight excluding hydrogens is 408 g/mol. The van der Waals surface area contributed by atoms with Crippen LogP contribution < -0.4 is 16.2 Å². The lowest BCUT2D eigenvalue weighted by molar-refractivity contribution is 0.0735. The van der Waals surface area contributed by atoms with Crippen LogP contribution in [0, 0.1) is 23.7 Å². The molecule has 0 saturated heterocycles. The second kappa shape index (κ2) is 9.92. The molecule has 4 N–H and O–H groups in total. The van der Waals surface area contributed by atoms with Crippen molar-refractivity contribution in [2.45, 2.75) is 0 Å². The monoisotopic (exact) mass is 428 g/mol. The summed E-state index contributed by atoms with van der Waals surface area (Å²) in [4.78, 5) is 12.3. The highest BCUT2D eigenvalue weighted by atomic mass is 16.5. The lowest BCUT2D eigenvalue weighted by Crippen LogP contribution is -2.09. The molecule has 4 heteroatoms. The highest BCUT2D eigenvalue weighted by Crippen LogP contribution is 2.18. The third-order valence-electron chi connectivity index (χ3n) is 4.64. The number of hydrogen-bond acceptors (Lipinski definition) is 4. The summed E-state index contributed by atoms with van der Waals surface area (Å²) in [7, 11) is 0. The molecule has 0 aliphatic carbocycles. The van der Waals surface area contributed by atoms with E-state index in [2.05, 4.69) is 23.7 Å². The maximum absolute atomic E-state index is 12.3. The van der Waals surface area contributed by atoms with Crippen molar-refractivity contribution in [1.29, 1.82) is 0 Å². The van der Waals surface area contributed by atoms with Crippen LogP contribution in [0.3, 0.4) is 0 Å². The summed E-state index contributed by atoms with van der Waals surface area (Å²) >= 11 is 0. The highest BCUT2D eigenvalue weighted by Gasteiger charge is 2.10. The Hall–Kier alpha value is -4.93. The van der Waals surface area contributed by atoms with Crippen LogP contribution in [-0.2, 0) is 0 Å². The van der Waals surface area contributed by atoms with Gasteiger partial charge in [0.25, 0.3) is 0 Å². The number of carbonyl (C=O) groups is 1. The smallest absolute Gasteiger partial charge is 0.343 e. The number of anilines is 2. The molecule has 0 fully saturated rings. The lowest BCUT2D eigenvalue weighted by atomic mass is 10.1. The summed E-state index contributed by atoms with van der Waals surface area (Å²) in [5, 5.41) is 0. The molecule has 0 aliphatic rings. The minimum absolute atomic E-state index is 0.299. The first kappa shape index (κ1) is 21.3. The van der Waals surface area contributed by atoms with E-state index in [-0.39, 0.29) is 0 Å². The molecule has 33 heavy (non-hydrogen) atoms. The molecule has 4 nitrogen and oxygen atoms in total. The normalized spacial score (nSPS) is 9.70. The van der Waals surface area contributed by atoms with Crippen molar-refractivity contribution in [3.63, 3.8) is 0 Å². The predicted molar refractivity (Wildman–Crippen MR) is 132 cm³/mol. The Bertz CT molecular complexity index is 1380. The van der Waals surface area contributed by atoms with E-state index in [4.69, 9.17) is 16.2 Å². The molecule has 158 valence electrons. The molecule has 0 bridgehead atoms. The fourth-order valence-electron chi connectivity index (χ4n) is 3.01. The average Bonchev–Trinajstić information content (AvgIpc) is 2.83. The van der Waals surface area contributed by atoms with Crippen LogP contribution in [0.4, 0.5) is 11.4 Å². The zero-order valence-corrected chi connectivity index (χ0v) is 17.7. The Kier molecular flexibility index (Phi) is 6.40. The Morgan fingerprint density at radius 2 is 1.00 bits per heavy atom. The topological polar surface area (TPSA) is 78.3 Å². The zero-order chi connectivity index (χ0) is 23.0. The third kappa shape index (κ3) is 6.04. The molecule has 0 amide bonds. The SMILES string of the molecule is Nc1cc(N)cc(C(=O)Oc2ccc(C#Cc3ccc(C#Cc4ccccc4)cc3)cc2)c1. The molecule has 0 unspecified atom stereocenters. The molecule has 4 aromatic rings. The van der Waals surface area contributed by atoms with Crippen LogP contribution in [0.15, 0.2) is 97.1 Å². The van der Waals surface area contributed by atoms with Crippen molar-refractivity contribution in [3.05, 3.63) is 125 Å². The molecular formula is C29H20N2O2. The van der Waals surface area contributed by atoms with Gasteiger partial charge in [0.1, 0.15) is 5.75 Å². The van der Waals surface area contributed by atoms with Crippen LogP contribution in [0.5, 0.6) is 5.75 Å². The summed E-state index contributed by atoms with van der Waals surface area (Å²) < 4.78 is 5.39. The number of benzene rings is 4. The Morgan fingerprint density at radius 1 is 0.576 bits per heavy atom. The summed E-state index contributed by atoms with van der Waals surface area (Å²) in [6.07, 6.45) is 0. The molecule has 4 rings (SSSR count). The van der Waals surface area contributed by atoms with E-state index in [1.165, 1.54) is 12.1 Å². The molecule has 4 aromatic carbocycles. The zero-order valence-electron chi connectivity index (χ0n) is 17.7. The van der Waals surface area contributed by atoms with Gasteiger partial charge in [0.05, 0.1) is 5.56 Å². The van der Waals surface area contributed by atoms with E-state index in [0.717, 1.165) is 22.3 Å². The van der Waals surface area contributed by atoms with Gasteiger partial charge in [-0.25, -0.2) is 4.79 Å². The first-order valence-electron chi connectivity index (χ1n) is 10.2. The van der Waals surface area contributed by atoms with Crippen LogP contribution in [-0.4, -0.2) is 5.97 Å². The number of nitrogens with two attached hydrogens (primary N) is 2. The molecule has 0 radical (unpaired) electrons. The van der Waals surface area contributed by atoms with E-state index in [9.17, 15) is 4.79 Å². The quantitative estimate of drug-likeness (QED) is 0.207. The number of rotatable bonds is 2. The maximum Gasteiger partial charge on any atom is 0.343 e. The molecule has 0 heterocycles. The second-order valence-corrected chi connectivity index (χ2v) is 7.25.